The Kier molecular flexibility index (Phi) is 6.09. The molecule has 1 fully saturated rings. The molecule has 1 N–H and O–H groups in total. The Balaban J connectivity index is 2.51. The van der Waals surface area contributed by atoms with Crippen LogP contribution in [0.15, 0.2) is 0 Å². The van der Waals surface area contributed by atoms with Crippen molar-refractivity contribution in [1.82, 2.24) is 10.2 Å². The van der Waals surface area contributed by atoms with E-state index in [2.05, 4.69) is 37.9 Å². The zero-order valence-electron chi connectivity index (χ0n) is 13.0. The lowest BCUT2D eigenvalue weighted by atomic mass is 9.86. The number of piperazine rings is 1. The maximum atomic E-state index is 5.22. The topological polar surface area (TPSA) is 24.5 Å². The van der Waals surface area contributed by atoms with E-state index in [0.717, 1.165) is 19.6 Å². The molecule has 0 radical (unpaired) electrons. The van der Waals surface area contributed by atoms with Crippen molar-refractivity contribution in [1.29, 1.82) is 0 Å². The minimum Gasteiger partial charge on any atom is -0.385 e. The van der Waals surface area contributed by atoms with Gasteiger partial charge in [0.05, 0.1) is 0 Å². The molecule has 0 aromatic carbocycles. The quantitative estimate of drug-likeness (QED) is 0.757. The van der Waals surface area contributed by atoms with Crippen molar-refractivity contribution in [3.05, 3.63) is 0 Å². The highest BCUT2D eigenvalue weighted by Crippen LogP contribution is 2.26. The molecule has 1 heterocycles. The third kappa shape index (κ3) is 4.52. The number of hydrogen-bond donors (Lipinski definition) is 1. The van der Waals surface area contributed by atoms with E-state index in [1.165, 1.54) is 32.5 Å². The zero-order chi connectivity index (χ0) is 13.6. The molecule has 1 aliphatic heterocycles. The summed E-state index contributed by atoms with van der Waals surface area (Å²) in [5.41, 5.74) is 0.691. The molecule has 0 atom stereocenters. The van der Waals surface area contributed by atoms with Crippen LogP contribution < -0.4 is 5.32 Å². The van der Waals surface area contributed by atoms with Gasteiger partial charge in [0.1, 0.15) is 0 Å². The summed E-state index contributed by atoms with van der Waals surface area (Å²) in [6.45, 7) is 14.9. The number of nitrogens with zero attached hydrogens (tertiary/aromatic N) is 1. The average Bonchev–Trinajstić information content (AvgIpc) is 2.36. The molecule has 0 aromatic heterocycles. The maximum absolute atomic E-state index is 5.22. The molecule has 0 aliphatic carbocycles. The van der Waals surface area contributed by atoms with Gasteiger partial charge in [-0.05, 0) is 24.7 Å². The number of hydrogen-bond acceptors (Lipinski definition) is 3. The molecular weight excluding hydrogens is 224 g/mol. The largest absolute Gasteiger partial charge is 0.385 e. The summed E-state index contributed by atoms with van der Waals surface area (Å²) in [4.78, 5) is 2.64. The monoisotopic (exact) mass is 256 g/mol. The third-order valence-electron chi connectivity index (χ3n) is 4.44. The van der Waals surface area contributed by atoms with Gasteiger partial charge in [-0.2, -0.15) is 0 Å². The lowest BCUT2D eigenvalue weighted by Gasteiger charge is -2.45. The fourth-order valence-corrected chi connectivity index (χ4v) is 2.96. The Morgan fingerprint density at radius 1 is 1.28 bits per heavy atom. The molecule has 3 heteroatoms. The summed E-state index contributed by atoms with van der Waals surface area (Å²) in [7, 11) is 1.79. The van der Waals surface area contributed by atoms with Crippen LogP contribution in [0.4, 0.5) is 0 Å². The molecule has 0 saturated carbocycles. The number of ether oxygens (including phenoxy) is 1. The smallest absolute Gasteiger partial charge is 0.0467 e. The van der Waals surface area contributed by atoms with Gasteiger partial charge in [0.25, 0.3) is 0 Å². The van der Waals surface area contributed by atoms with Crippen molar-refractivity contribution in [3.8, 4) is 0 Å². The first-order valence-electron chi connectivity index (χ1n) is 7.43. The Hall–Kier alpha value is -0.120. The number of methoxy groups -OCH3 is 1. The van der Waals surface area contributed by atoms with E-state index in [1.54, 1.807) is 7.11 Å². The van der Waals surface area contributed by atoms with E-state index in [1.807, 2.05) is 0 Å². The number of nitrogens with one attached hydrogen (secondary N) is 1. The Labute approximate surface area is 113 Å². The summed E-state index contributed by atoms with van der Waals surface area (Å²) in [5, 5.41) is 3.72. The number of rotatable bonds is 7. The fourth-order valence-electron chi connectivity index (χ4n) is 2.96. The molecule has 3 nitrogen and oxygen atoms in total. The van der Waals surface area contributed by atoms with Crippen LogP contribution in [0.3, 0.4) is 0 Å². The fraction of sp³-hybridized carbons (Fsp3) is 1.00. The molecule has 1 saturated heterocycles. The highest BCUT2D eigenvalue weighted by molar-refractivity contribution is 4.93. The average molecular weight is 256 g/mol. The van der Waals surface area contributed by atoms with Gasteiger partial charge in [0, 0.05) is 45.4 Å². The van der Waals surface area contributed by atoms with E-state index < -0.39 is 0 Å². The van der Waals surface area contributed by atoms with Crippen molar-refractivity contribution >= 4 is 0 Å². The Morgan fingerprint density at radius 2 is 1.94 bits per heavy atom. The third-order valence-corrected chi connectivity index (χ3v) is 4.44. The van der Waals surface area contributed by atoms with Crippen LogP contribution in [0.1, 0.15) is 47.0 Å². The second-order valence-corrected chi connectivity index (χ2v) is 6.53. The molecule has 0 spiro atoms. The summed E-state index contributed by atoms with van der Waals surface area (Å²) in [6.07, 6.45) is 3.58. The second-order valence-electron chi connectivity index (χ2n) is 6.53. The summed E-state index contributed by atoms with van der Waals surface area (Å²) in [6, 6.07) is 0. The Bertz CT molecular complexity index is 237. The van der Waals surface area contributed by atoms with Crippen LogP contribution in [0, 0.1) is 5.41 Å². The standard InChI is InChI=1S/C15H32N2O/c1-6-15(7-2)13-17(10-9-16-15)12-14(3,4)8-11-18-5/h16H,6-13H2,1-5H3. The van der Waals surface area contributed by atoms with E-state index in [-0.39, 0.29) is 0 Å². The first-order chi connectivity index (χ1) is 8.47. The highest BCUT2D eigenvalue weighted by atomic mass is 16.5. The van der Waals surface area contributed by atoms with E-state index in [0.29, 0.717) is 11.0 Å². The van der Waals surface area contributed by atoms with Gasteiger partial charge in [0.2, 0.25) is 0 Å². The van der Waals surface area contributed by atoms with Gasteiger partial charge < -0.3 is 10.1 Å². The van der Waals surface area contributed by atoms with Crippen molar-refractivity contribution in [2.24, 2.45) is 5.41 Å². The summed E-state index contributed by atoms with van der Waals surface area (Å²) in [5.74, 6) is 0. The van der Waals surface area contributed by atoms with Crippen LogP contribution >= 0.6 is 0 Å². The highest BCUT2D eigenvalue weighted by Gasteiger charge is 2.33. The first-order valence-corrected chi connectivity index (χ1v) is 7.43. The van der Waals surface area contributed by atoms with Crippen LogP contribution in [0.25, 0.3) is 0 Å². The summed E-state index contributed by atoms with van der Waals surface area (Å²) >= 11 is 0. The van der Waals surface area contributed by atoms with Gasteiger partial charge in [-0.15, -0.1) is 0 Å². The van der Waals surface area contributed by atoms with Crippen molar-refractivity contribution in [3.63, 3.8) is 0 Å². The van der Waals surface area contributed by atoms with Gasteiger partial charge in [-0.1, -0.05) is 27.7 Å². The zero-order valence-corrected chi connectivity index (χ0v) is 13.0. The van der Waals surface area contributed by atoms with Crippen LogP contribution in [-0.2, 0) is 4.74 Å². The second kappa shape index (κ2) is 6.88. The van der Waals surface area contributed by atoms with E-state index in [4.69, 9.17) is 4.74 Å². The summed E-state index contributed by atoms with van der Waals surface area (Å²) < 4.78 is 5.22. The van der Waals surface area contributed by atoms with Gasteiger partial charge in [0.15, 0.2) is 0 Å². The SMILES string of the molecule is CCC1(CC)CN(CC(C)(C)CCOC)CCN1. The molecule has 18 heavy (non-hydrogen) atoms. The minimum atomic E-state index is 0.343. The molecule has 0 aromatic rings. The van der Waals surface area contributed by atoms with Crippen molar-refractivity contribution < 1.29 is 4.74 Å². The van der Waals surface area contributed by atoms with E-state index >= 15 is 0 Å². The van der Waals surface area contributed by atoms with Crippen molar-refractivity contribution in [2.75, 3.05) is 39.9 Å². The van der Waals surface area contributed by atoms with Crippen molar-refractivity contribution in [2.45, 2.75) is 52.5 Å². The maximum Gasteiger partial charge on any atom is 0.0467 e. The normalized spacial score (nSPS) is 21.2. The van der Waals surface area contributed by atoms with E-state index in [9.17, 15) is 0 Å². The molecule has 0 bridgehead atoms. The lowest BCUT2D eigenvalue weighted by molar-refractivity contribution is 0.0701. The molecule has 1 aliphatic rings. The van der Waals surface area contributed by atoms with Gasteiger partial charge in [-0.25, -0.2) is 0 Å². The molecule has 0 unspecified atom stereocenters. The Morgan fingerprint density at radius 3 is 2.50 bits per heavy atom. The minimum absolute atomic E-state index is 0.343. The van der Waals surface area contributed by atoms with Gasteiger partial charge in [-0.3, -0.25) is 4.90 Å². The van der Waals surface area contributed by atoms with Gasteiger partial charge >= 0.3 is 0 Å². The lowest BCUT2D eigenvalue weighted by Crippen LogP contribution is -2.60. The molecule has 108 valence electrons. The predicted octanol–water partition coefficient (Wildman–Crippen LogP) is 2.51. The van der Waals surface area contributed by atoms with Crippen LogP contribution in [-0.4, -0.2) is 50.3 Å². The predicted molar refractivity (Wildman–Crippen MR) is 78.0 cm³/mol. The molecular formula is C15H32N2O. The first kappa shape index (κ1) is 15.9. The van der Waals surface area contributed by atoms with Crippen LogP contribution in [0.5, 0.6) is 0 Å². The molecule has 1 rings (SSSR count). The van der Waals surface area contributed by atoms with Crippen LogP contribution in [0.2, 0.25) is 0 Å². The molecule has 0 amide bonds.